The Morgan fingerprint density at radius 1 is 1.06 bits per heavy atom. The molecule has 1 aliphatic carbocycles. The summed E-state index contributed by atoms with van der Waals surface area (Å²) < 4.78 is 22.0. The number of fused-ring (bicyclic) bond motifs is 1. The first-order valence-corrected chi connectivity index (χ1v) is 12.4. The Morgan fingerprint density at radius 3 is 2.50 bits per heavy atom. The summed E-state index contributed by atoms with van der Waals surface area (Å²) in [7, 11) is 1.63. The number of ether oxygens (including phenoxy) is 4. The average Bonchev–Trinajstić information content (AvgIpc) is 3.34. The lowest BCUT2D eigenvalue weighted by Crippen LogP contribution is -2.38. The number of hydrogen-bond donors (Lipinski definition) is 0. The van der Waals surface area contributed by atoms with Gasteiger partial charge in [0.2, 0.25) is 6.79 Å². The third-order valence-corrected chi connectivity index (χ3v) is 7.04. The fourth-order valence-corrected chi connectivity index (χ4v) is 5.28. The van der Waals surface area contributed by atoms with Crippen LogP contribution in [0.5, 0.6) is 17.2 Å². The second-order valence-electron chi connectivity index (χ2n) is 10.0. The van der Waals surface area contributed by atoms with E-state index in [2.05, 4.69) is 0 Å². The number of aliphatic imine (C=N–C) groups is 1. The van der Waals surface area contributed by atoms with E-state index in [1.807, 2.05) is 63.2 Å². The standard InChI is InChI=1S/C29H31NO6/c1-16(2)14-34-29(32)26-17(3)30-22-11-20(18-5-8-21(33-4)9-6-18)12-23(31)28(22)27(26)19-7-10-24-25(13-19)36-15-35-24/h5-10,13,16,20,26-27H,11-12,14-15H2,1-4H3/t20-,26?,27-/m0/s1. The molecule has 7 heteroatoms. The van der Waals surface area contributed by atoms with Gasteiger partial charge in [-0.1, -0.05) is 32.0 Å². The number of nitrogens with zero attached hydrogens (tertiary/aromatic N) is 1. The van der Waals surface area contributed by atoms with Gasteiger partial charge in [0.25, 0.3) is 0 Å². The summed E-state index contributed by atoms with van der Waals surface area (Å²) in [5, 5.41) is 0. The number of ketones is 1. The molecule has 0 radical (unpaired) electrons. The summed E-state index contributed by atoms with van der Waals surface area (Å²) in [6.45, 7) is 6.31. The van der Waals surface area contributed by atoms with E-state index in [1.54, 1.807) is 7.11 Å². The Morgan fingerprint density at radius 2 is 1.78 bits per heavy atom. The van der Waals surface area contributed by atoms with E-state index in [-0.39, 0.29) is 30.4 Å². The van der Waals surface area contributed by atoms with Crippen LogP contribution < -0.4 is 14.2 Å². The van der Waals surface area contributed by atoms with Crippen molar-refractivity contribution in [1.29, 1.82) is 0 Å². The van der Waals surface area contributed by atoms with Crippen LogP contribution in [-0.2, 0) is 14.3 Å². The lowest BCUT2D eigenvalue weighted by molar-refractivity contribution is -0.147. The van der Waals surface area contributed by atoms with Crippen molar-refractivity contribution >= 4 is 17.5 Å². The molecule has 2 aromatic carbocycles. The van der Waals surface area contributed by atoms with Crippen molar-refractivity contribution in [2.24, 2.45) is 16.8 Å². The number of hydrogen-bond acceptors (Lipinski definition) is 7. The summed E-state index contributed by atoms with van der Waals surface area (Å²) in [6.07, 6.45) is 0.980. The predicted molar refractivity (Wildman–Crippen MR) is 135 cm³/mol. The SMILES string of the molecule is COc1ccc([C@@H]2CC(=O)C3=C(C2)N=C(C)C(C(=O)OCC(C)C)[C@@H]3c2ccc3c(c2)OCO3)cc1. The van der Waals surface area contributed by atoms with Crippen LogP contribution >= 0.6 is 0 Å². The van der Waals surface area contributed by atoms with Gasteiger partial charge in [-0.2, -0.15) is 0 Å². The van der Waals surface area contributed by atoms with Crippen LogP contribution in [0.1, 0.15) is 56.6 Å². The predicted octanol–water partition coefficient (Wildman–Crippen LogP) is 5.20. The maximum atomic E-state index is 13.7. The molecular weight excluding hydrogens is 458 g/mol. The number of rotatable bonds is 6. The second-order valence-corrected chi connectivity index (χ2v) is 10.0. The molecule has 0 saturated carbocycles. The van der Waals surface area contributed by atoms with E-state index in [0.29, 0.717) is 42.2 Å². The molecule has 188 valence electrons. The molecule has 2 heterocycles. The molecule has 2 aromatic rings. The Bertz CT molecular complexity index is 1240. The summed E-state index contributed by atoms with van der Waals surface area (Å²) in [6, 6.07) is 13.5. The average molecular weight is 490 g/mol. The van der Waals surface area contributed by atoms with Gasteiger partial charge in [0.15, 0.2) is 17.3 Å². The molecule has 5 rings (SSSR count). The number of carbonyl (C=O) groups excluding carboxylic acids is 2. The molecule has 1 unspecified atom stereocenters. The summed E-state index contributed by atoms with van der Waals surface area (Å²) >= 11 is 0. The first-order chi connectivity index (χ1) is 17.4. The van der Waals surface area contributed by atoms with Crippen LogP contribution in [0.25, 0.3) is 0 Å². The smallest absolute Gasteiger partial charge is 0.315 e. The summed E-state index contributed by atoms with van der Waals surface area (Å²) in [5.41, 5.74) is 3.91. The lowest BCUT2D eigenvalue weighted by Gasteiger charge is -2.36. The van der Waals surface area contributed by atoms with Gasteiger partial charge in [-0.3, -0.25) is 14.6 Å². The maximum Gasteiger partial charge on any atom is 0.315 e. The largest absolute Gasteiger partial charge is 0.497 e. The molecule has 0 N–H and O–H groups in total. The van der Waals surface area contributed by atoms with Crippen LogP contribution in [0.2, 0.25) is 0 Å². The Labute approximate surface area is 211 Å². The summed E-state index contributed by atoms with van der Waals surface area (Å²) in [4.78, 5) is 31.9. The van der Waals surface area contributed by atoms with E-state index in [1.165, 1.54) is 0 Å². The zero-order valence-electron chi connectivity index (χ0n) is 21.1. The minimum absolute atomic E-state index is 0.0117. The molecule has 0 aromatic heterocycles. The van der Waals surface area contributed by atoms with Crippen molar-refractivity contribution < 1.29 is 28.5 Å². The molecule has 0 saturated heterocycles. The minimum Gasteiger partial charge on any atom is -0.497 e. The van der Waals surface area contributed by atoms with Crippen molar-refractivity contribution in [2.45, 2.75) is 45.4 Å². The van der Waals surface area contributed by atoms with E-state index < -0.39 is 11.8 Å². The first-order valence-electron chi connectivity index (χ1n) is 12.4. The normalized spacial score (nSPS) is 22.9. The molecule has 3 atom stereocenters. The molecular formula is C29H31NO6. The quantitative estimate of drug-likeness (QED) is 0.519. The molecule has 3 aliphatic rings. The number of benzene rings is 2. The lowest BCUT2D eigenvalue weighted by atomic mass is 9.69. The molecule has 0 bridgehead atoms. The highest BCUT2D eigenvalue weighted by atomic mass is 16.7. The molecule has 0 amide bonds. The van der Waals surface area contributed by atoms with Gasteiger partial charge in [-0.15, -0.1) is 0 Å². The van der Waals surface area contributed by atoms with Gasteiger partial charge in [-0.25, -0.2) is 0 Å². The van der Waals surface area contributed by atoms with Crippen molar-refractivity contribution in [2.75, 3.05) is 20.5 Å². The fourth-order valence-electron chi connectivity index (χ4n) is 5.28. The molecule has 36 heavy (non-hydrogen) atoms. The van der Waals surface area contributed by atoms with Gasteiger partial charge in [0.1, 0.15) is 11.7 Å². The van der Waals surface area contributed by atoms with Gasteiger partial charge in [-0.05, 0) is 60.6 Å². The highest BCUT2D eigenvalue weighted by Crippen LogP contribution is 2.48. The van der Waals surface area contributed by atoms with Crippen LogP contribution in [0.4, 0.5) is 0 Å². The van der Waals surface area contributed by atoms with Crippen molar-refractivity contribution in [3.63, 3.8) is 0 Å². The number of carbonyl (C=O) groups is 2. The van der Waals surface area contributed by atoms with Gasteiger partial charge in [0.05, 0.1) is 13.7 Å². The van der Waals surface area contributed by atoms with Gasteiger partial charge in [0, 0.05) is 29.3 Å². The van der Waals surface area contributed by atoms with Gasteiger partial charge >= 0.3 is 5.97 Å². The summed E-state index contributed by atoms with van der Waals surface area (Å²) in [5.74, 6) is 0.752. The monoisotopic (exact) mass is 489 g/mol. The molecule has 0 fully saturated rings. The number of allylic oxidation sites excluding steroid dienone is 2. The third-order valence-electron chi connectivity index (χ3n) is 7.04. The Kier molecular flexibility index (Phi) is 6.56. The third kappa shape index (κ3) is 4.50. The van der Waals surface area contributed by atoms with Crippen LogP contribution in [0.15, 0.2) is 58.7 Å². The Balaban J connectivity index is 1.54. The van der Waals surface area contributed by atoms with Gasteiger partial charge < -0.3 is 18.9 Å². The van der Waals surface area contributed by atoms with E-state index >= 15 is 0 Å². The zero-order valence-corrected chi connectivity index (χ0v) is 21.1. The number of methoxy groups -OCH3 is 1. The fraction of sp³-hybridized carbons (Fsp3) is 0.414. The van der Waals surface area contributed by atoms with Crippen molar-refractivity contribution in [3.05, 3.63) is 64.9 Å². The second kappa shape index (κ2) is 9.80. The van der Waals surface area contributed by atoms with Crippen LogP contribution in [-0.4, -0.2) is 38.0 Å². The minimum atomic E-state index is -0.677. The number of esters is 1. The highest BCUT2D eigenvalue weighted by Gasteiger charge is 2.45. The molecule has 7 nitrogen and oxygen atoms in total. The van der Waals surface area contributed by atoms with Crippen LogP contribution in [0, 0.1) is 11.8 Å². The van der Waals surface area contributed by atoms with Crippen LogP contribution in [0.3, 0.4) is 0 Å². The van der Waals surface area contributed by atoms with E-state index in [0.717, 1.165) is 22.6 Å². The maximum absolute atomic E-state index is 13.7. The van der Waals surface area contributed by atoms with E-state index in [4.69, 9.17) is 23.9 Å². The zero-order chi connectivity index (χ0) is 25.4. The van der Waals surface area contributed by atoms with E-state index in [9.17, 15) is 9.59 Å². The molecule has 0 spiro atoms. The first kappa shape index (κ1) is 24.1. The molecule has 2 aliphatic heterocycles. The van der Waals surface area contributed by atoms with Crippen molar-refractivity contribution in [1.82, 2.24) is 0 Å². The highest BCUT2D eigenvalue weighted by molar-refractivity contribution is 6.09. The topological polar surface area (TPSA) is 83.4 Å². The Hall–Kier alpha value is -3.61. The van der Waals surface area contributed by atoms with Crippen molar-refractivity contribution in [3.8, 4) is 17.2 Å². The number of Topliss-reactive ketones (excluding diaryl/α,β-unsaturated/α-hetero) is 1.